The fourth-order valence-corrected chi connectivity index (χ4v) is 5.50. The van der Waals surface area contributed by atoms with Crippen molar-refractivity contribution in [2.24, 2.45) is 0 Å². The standard InChI is InChI=1S/C18H20N2O7S/c1-8(21)18(19-13(23)11-9(22)6-5-7-10(11)27-4)15(26)20-12(14(24)25)17(2,3)28-16(18)20/h5-7,12,16,22H,1-4H3,(H,19,23)(H,24,25)/t12-,16+,18-/m0/s1. The first-order chi connectivity index (χ1) is 13.0. The average Bonchev–Trinajstić information content (AvgIpc) is 2.87. The zero-order valence-electron chi connectivity index (χ0n) is 15.7. The third-order valence-electron chi connectivity index (χ3n) is 5.10. The minimum atomic E-state index is -1.91. The van der Waals surface area contributed by atoms with E-state index in [2.05, 4.69) is 5.32 Å². The number of ether oxygens (including phenoxy) is 1. The number of hydrogen-bond donors (Lipinski definition) is 3. The van der Waals surface area contributed by atoms with Crippen molar-refractivity contribution in [3.8, 4) is 11.5 Å². The number of thioether (sulfide) groups is 1. The molecule has 0 spiro atoms. The highest BCUT2D eigenvalue weighted by Crippen LogP contribution is 2.55. The molecule has 3 N–H and O–H groups in total. The van der Waals surface area contributed by atoms with E-state index in [9.17, 15) is 29.4 Å². The molecule has 2 fully saturated rings. The highest BCUT2D eigenvalue weighted by molar-refractivity contribution is 8.01. The third-order valence-corrected chi connectivity index (χ3v) is 6.73. The van der Waals surface area contributed by atoms with E-state index in [0.29, 0.717) is 0 Å². The molecule has 2 saturated heterocycles. The number of methoxy groups -OCH3 is 1. The van der Waals surface area contributed by atoms with E-state index in [1.54, 1.807) is 13.8 Å². The Morgan fingerprint density at radius 1 is 1.29 bits per heavy atom. The fraction of sp³-hybridized carbons (Fsp3) is 0.444. The summed E-state index contributed by atoms with van der Waals surface area (Å²) in [7, 11) is 1.31. The second kappa shape index (κ2) is 6.40. The maximum absolute atomic E-state index is 12.9. The normalized spacial score (nSPS) is 27.6. The van der Waals surface area contributed by atoms with Crippen molar-refractivity contribution < 1.29 is 34.1 Å². The Balaban J connectivity index is 2.01. The van der Waals surface area contributed by atoms with Gasteiger partial charge in [-0.05, 0) is 32.9 Å². The van der Waals surface area contributed by atoms with Crippen molar-refractivity contribution in [1.82, 2.24) is 10.2 Å². The lowest BCUT2D eigenvalue weighted by Gasteiger charge is -2.51. The number of hydrogen-bond acceptors (Lipinski definition) is 7. The van der Waals surface area contributed by atoms with Crippen LogP contribution in [-0.4, -0.2) is 67.5 Å². The van der Waals surface area contributed by atoms with Gasteiger partial charge in [0, 0.05) is 4.75 Å². The first-order valence-electron chi connectivity index (χ1n) is 8.42. The number of aliphatic carboxylic acids is 1. The Morgan fingerprint density at radius 3 is 2.46 bits per heavy atom. The molecule has 0 aliphatic carbocycles. The minimum absolute atomic E-state index is 0.0719. The molecule has 0 radical (unpaired) electrons. The lowest BCUT2D eigenvalue weighted by atomic mass is 9.81. The Morgan fingerprint density at radius 2 is 1.93 bits per heavy atom. The van der Waals surface area contributed by atoms with Gasteiger partial charge < -0.3 is 25.2 Å². The summed E-state index contributed by atoms with van der Waals surface area (Å²) >= 11 is 1.14. The highest BCUT2D eigenvalue weighted by atomic mass is 32.2. The van der Waals surface area contributed by atoms with Gasteiger partial charge in [0.05, 0.1) is 7.11 Å². The van der Waals surface area contributed by atoms with Gasteiger partial charge in [0.2, 0.25) is 5.54 Å². The monoisotopic (exact) mass is 408 g/mol. The summed E-state index contributed by atoms with van der Waals surface area (Å²) in [6.45, 7) is 4.50. The number of carbonyl (C=O) groups is 4. The number of β-lactam (4-membered cyclic amide) rings is 1. The van der Waals surface area contributed by atoms with Crippen molar-refractivity contribution >= 4 is 35.3 Å². The topological polar surface area (TPSA) is 133 Å². The molecular formula is C18H20N2O7S. The van der Waals surface area contributed by atoms with Crippen LogP contribution in [0.3, 0.4) is 0 Å². The molecule has 9 nitrogen and oxygen atoms in total. The Hall–Kier alpha value is -2.75. The van der Waals surface area contributed by atoms with Gasteiger partial charge >= 0.3 is 5.97 Å². The van der Waals surface area contributed by atoms with Crippen LogP contribution in [0.15, 0.2) is 18.2 Å². The quantitative estimate of drug-likeness (QED) is 0.477. The van der Waals surface area contributed by atoms with E-state index in [1.807, 2.05) is 0 Å². The molecule has 1 aromatic carbocycles. The van der Waals surface area contributed by atoms with Crippen LogP contribution in [0.25, 0.3) is 0 Å². The van der Waals surface area contributed by atoms with Gasteiger partial charge in [-0.3, -0.25) is 14.4 Å². The van der Waals surface area contributed by atoms with Crippen molar-refractivity contribution in [2.45, 2.75) is 42.5 Å². The summed E-state index contributed by atoms with van der Waals surface area (Å²) in [6.07, 6.45) is 0. The molecule has 0 bridgehead atoms. The van der Waals surface area contributed by atoms with E-state index < -0.39 is 45.3 Å². The SMILES string of the molecule is COc1cccc(O)c1C(=O)N[C@@]1(C(C)=O)C(=O)N2[C@@H](C(=O)O)C(C)(C)S[C@@H]21. The maximum Gasteiger partial charge on any atom is 0.327 e. The summed E-state index contributed by atoms with van der Waals surface area (Å²) in [6, 6.07) is 3.09. The smallest absolute Gasteiger partial charge is 0.327 e. The zero-order valence-corrected chi connectivity index (χ0v) is 16.5. The Kier molecular flexibility index (Phi) is 4.57. The number of phenolic OH excluding ortho intramolecular Hbond substituents is 1. The van der Waals surface area contributed by atoms with Crippen LogP contribution in [0.2, 0.25) is 0 Å². The average molecular weight is 408 g/mol. The number of nitrogens with zero attached hydrogens (tertiary/aromatic N) is 1. The molecule has 2 amide bonds. The molecule has 2 aliphatic rings. The summed E-state index contributed by atoms with van der Waals surface area (Å²) in [4.78, 5) is 51.1. The summed E-state index contributed by atoms with van der Waals surface area (Å²) in [5.41, 5.74) is -2.12. The summed E-state index contributed by atoms with van der Waals surface area (Å²) < 4.78 is 4.22. The number of amides is 2. The van der Waals surface area contributed by atoms with Crippen molar-refractivity contribution in [2.75, 3.05) is 7.11 Å². The number of carbonyl (C=O) groups excluding carboxylic acids is 3. The second-order valence-corrected chi connectivity index (χ2v) is 8.93. The molecule has 28 heavy (non-hydrogen) atoms. The maximum atomic E-state index is 12.9. The molecule has 1 aromatic rings. The fourth-order valence-electron chi connectivity index (χ4n) is 3.75. The number of benzene rings is 1. The first-order valence-corrected chi connectivity index (χ1v) is 9.30. The number of rotatable bonds is 5. The molecule has 0 aromatic heterocycles. The van der Waals surface area contributed by atoms with Gasteiger partial charge in [-0.2, -0.15) is 0 Å². The van der Waals surface area contributed by atoms with Gasteiger partial charge in [0.15, 0.2) is 5.78 Å². The molecule has 150 valence electrons. The van der Waals surface area contributed by atoms with Crippen molar-refractivity contribution in [1.29, 1.82) is 0 Å². The molecule has 3 atom stereocenters. The number of phenols is 1. The number of carboxylic acid groups (broad SMARTS) is 1. The summed E-state index contributed by atoms with van der Waals surface area (Å²) in [5, 5.41) is 21.2. The van der Waals surface area contributed by atoms with Crippen molar-refractivity contribution in [3.63, 3.8) is 0 Å². The Bertz CT molecular complexity index is 900. The predicted octanol–water partition coefficient (Wildman–Crippen LogP) is 0.605. The van der Waals surface area contributed by atoms with E-state index in [-0.39, 0.29) is 17.1 Å². The van der Waals surface area contributed by atoms with E-state index in [4.69, 9.17) is 4.74 Å². The number of fused-ring (bicyclic) bond motifs is 1. The molecule has 10 heteroatoms. The molecule has 0 unspecified atom stereocenters. The lowest BCUT2D eigenvalue weighted by Crippen LogP contribution is -2.82. The van der Waals surface area contributed by atoms with Crippen LogP contribution in [-0.2, 0) is 14.4 Å². The molecule has 3 rings (SSSR count). The summed E-state index contributed by atoms with van der Waals surface area (Å²) in [5.74, 6) is -3.74. The number of ketones is 1. The first kappa shape index (κ1) is 20.0. The van der Waals surface area contributed by atoms with Gasteiger partial charge in [-0.1, -0.05) is 6.07 Å². The van der Waals surface area contributed by atoms with Gasteiger partial charge in [-0.15, -0.1) is 11.8 Å². The minimum Gasteiger partial charge on any atom is -0.507 e. The highest BCUT2D eigenvalue weighted by Gasteiger charge is 2.74. The van der Waals surface area contributed by atoms with Crippen molar-refractivity contribution in [3.05, 3.63) is 23.8 Å². The van der Waals surface area contributed by atoms with Gasteiger partial charge in [0.1, 0.15) is 28.5 Å². The number of nitrogens with one attached hydrogen (secondary N) is 1. The van der Waals surface area contributed by atoms with Gasteiger partial charge in [0.25, 0.3) is 11.8 Å². The molecule has 2 aliphatic heterocycles. The van der Waals surface area contributed by atoms with Crippen LogP contribution in [0.5, 0.6) is 11.5 Å². The van der Waals surface area contributed by atoms with E-state index in [1.165, 1.54) is 32.2 Å². The number of aromatic hydroxyl groups is 1. The van der Waals surface area contributed by atoms with Crippen LogP contribution in [0, 0.1) is 0 Å². The predicted molar refractivity (Wildman–Crippen MR) is 99.3 cm³/mol. The van der Waals surface area contributed by atoms with E-state index in [0.717, 1.165) is 16.7 Å². The number of carboxylic acids is 1. The van der Waals surface area contributed by atoms with Crippen LogP contribution in [0.1, 0.15) is 31.1 Å². The third kappa shape index (κ3) is 2.55. The van der Waals surface area contributed by atoms with E-state index >= 15 is 0 Å². The number of Topliss-reactive ketones (excluding diaryl/α,β-unsaturated/α-hetero) is 1. The Labute approximate surface area is 165 Å². The van der Waals surface area contributed by atoms with Gasteiger partial charge in [-0.25, -0.2) is 4.79 Å². The molecule has 0 saturated carbocycles. The van der Waals surface area contributed by atoms with Crippen LogP contribution >= 0.6 is 11.8 Å². The zero-order chi connectivity index (χ0) is 21.0. The molecular weight excluding hydrogens is 388 g/mol. The lowest BCUT2D eigenvalue weighted by molar-refractivity contribution is -0.170. The second-order valence-electron chi connectivity index (χ2n) is 7.20. The molecule has 2 heterocycles. The van der Waals surface area contributed by atoms with Crippen LogP contribution < -0.4 is 10.1 Å². The van der Waals surface area contributed by atoms with Crippen LogP contribution in [0.4, 0.5) is 0 Å². The largest absolute Gasteiger partial charge is 0.507 e.